The molecule has 0 radical (unpaired) electrons. The lowest BCUT2D eigenvalue weighted by atomic mass is 9.98. The van der Waals surface area contributed by atoms with Gasteiger partial charge in [-0.2, -0.15) is 0 Å². The molecule has 0 aliphatic heterocycles. The minimum atomic E-state index is -0.972. The summed E-state index contributed by atoms with van der Waals surface area (Å²) in [5, 5.41) is 11.3. The molecule has 41 heavy (non-hydrogen) atoms. The summed E-state index contributed by atoms with van der Waals surface area (Å²) in [7, 11) is 0. The van der Waals surface area contributed by atoms with Crippen LogP contribution < -0.4 is 21.3 Å². The number of carbonyl (C=O) groups is 4. The average molecular weight is 567 g/mol. The van der Waals surface area contributed by atoms with Gasteiger partial charge in [0, 0.05) is 25.4 Å². The van der Waals surface area contributed by atoms with E-state index < -0.39 is 41.6 Å². The van der Waals surface area contributed by atoms with E-state index in [4.69, 9.17) is 4.74 Å². The van der Waals surface area contributed by atoms with Gasteiger partial charge in [-0.25, -0.2) is 4.79 Å². The van der Waals surface area contributed by atoms with Crippen molar-refractivity contribution < 1.29 is 23.9 Å². The molecule has 0 heterocycles. The van der Waals surface area contributed by atoms with Gasteiger partial charge in [0.2, 0.25) is 17.7 Å². The molecule has 3 atom stereocenters. The van der Waals surface area contributed by atoms with E-state index in [1.165, 1.54) is 0 Å². The van der Waals surface area contributed by atoms with Gasteiger partial charge in [-0.05, 0) is 58.1 Å². The summed E-state index contributed by atoms with van der Waals surface area (Å²) in [6, 6.07) is 14.9. The van der Waals surface area contributed by atoms with Gasteiger partial charge in [-0.3, -0.25) is 14.4 Å². The van der Waals surface area contributed by atoms with Gasteiger partial charge < -0.3 is 26.0 Å². The number of ether oxygens (including phenoxy) is 1. The summed E-state index contributed by atoms with van der Waals surface area (Å²) in [6.45, 7) is 13.2. The molecule has 0 aliphatic carbocycles. The molecule has 0 aromatic heterocycles. The molecule has 9 heteroatoms. The van der Waals surface area contributed by atoms with Crippen LogP contribution in [0, 0.1) is 12.8 Å². The number of amides is 4. The van der Waals surface area contributed by atoms with Gasteiger partial charge in [0.05, 0.1) is 0 Å². The van der Waals surface area contributed by atoms with Crippen LogP contribution in [0.1, 0.15) is 64.7 Å². The molecule has 4 amide bonds. The largest absolute Gasteiger partial charge is 0.444 e. The molecule has 2 aromatic rings. The maximum Gasteiger partial charge on any atom is 0.408 e. The van der Waals surface area contributed by atoms with Crippen LogP contribution in [0.15, 0.2) is 54.6 Å². The van der Waals surface area contributed by atoms with Crippen molar-refractivity contribution in [2.24, 2.45) is 5.92 Å². The van der Waals surface area contributed by atoms with Gasteiger partial charge >= 0.3 is 6.09 Å². The lowest BCUT2D eigenvalue weighted by Gasteiger charge is -2.28. The molecule has 0 saturated carbocycles. The number of aryl methyl sites for hydroxylation is 1. The molecule has 0 saturated heterocycles. The fourth-order valence-electron chi connectivity index (χ4n) is 4.26. The first-order valence-corrected chi connectivity index (χ1v) is 14.2. The third-order valence-corrected chi connectivity index (χ3v) is 6.29. The SMILES string of the molecule is CCNC(=O)C[C@H](Cc1ccc(C)cc1)NC(=O)[C@@H](NC(=O)[C@H](Cc1ccccc1)NC(=O)OC(C)(C)C)C(C)C. The molecule has 0 bridgehead atoms. The maximum absolute atomic E-state index is 13.5. The summed E-state index contributed by atoms with van der Waals surface area (Å²) in [5.41, 5.74) is 2.20. The highest BCUT2D eigenvalue weighted by Crippen LogP contribution is 2.12. The third-order valence-electron chi connectivity index (χ3n) is 6.29. The van der Waals surface area contributed by atoms with Crippen LogP contribution in [0.3, 0.4) is 0 Å². The summed E-state index contributed by atoms with van der Waals surface area (Å²) in [6.07, 6.45) is 0.0483. The van der Waals surface area contributed by atoms with E-state index in [1.807, 2.05) is 82.3 Å². The Morgan fingerprint density at radius 3 is 1.98 bits per heavy atom. The molecule has 9 nitrogen and oxygen atoms in total. The second-order valence-corrected chi connectivity index (χ2v) is 11.7. The highest BCUT2D eigenvalue weighted by atomic mass is 16.6. The van der Waals surface area contributed by atoms with Gasteiger partial charge in [0.15, 0.2) is 0 Å². The zero-order valence-electron chi connectivity index (χ0n) is 25.4. The van der Waals surface area contributed by atoms with Crippen LogP contribution in [0.2, 0.25) is 0 Å². The molecule has 224 valence electrons. The van der Waals surface area contributed by atoms with E-state index in [0.717, 1.165) is 16.7 Å². The van der Waals surface area contributed by atoms with Crippen molar-refractivity contribution in [3.63, 3.8) is 0 Å². The topological polar surface area (TPSA) is 126 Å². The molecule has 0 fully saturated rings. The Hall–Kier alpha value is -3.88. The standard InChI is InChI=1S/C32H46N4O5/c1-8-33-27(37)20-25(18-24-16-14-22(4)15-17-24)34-30(39)28(21(2)3)36-29(38)26(19-23-12-10-9-11-13-23)35-31(40)41-32(5,6)7/h9-17,21,25-26,28H,8,18-20H2,1-7H3,(H,33,37)(H,34,39)(H,35,40)(H,36,38)/t25-,26-,28-/m0/s1. The Labute approximate surface area is 244 Å². The molecular weight excluding hydrogens is 520 g/mol. The Morgan fingerprint density at radius 2 is 1.41 bits per heavy atom. The van der Waals surface area contributed by atoms with Crippen LogP contribution in [-0.2, 0) is 32.0 Å². The molecular formula is C32H46N4O5. The van der Waals surface area contributed by atoms with Crippen LogP contribution >= 0.6 is 0 Å². The Bertz CT molecular complexity index is 1140. The first-order valence-electron chi connectivity index (χ1n) is 14.2. The van der Waals surface area contributed by atoms with Crippen molar-refractivity contribution in [3.8, 4) is 0 Å². The van der Waals surface area contributed by atoms with Gasteiger partial charge in [-0.15, -0.1) is 0 Å². The third kappa shape index (κ3) is 12.4. The number of carbonyl (C=O) groups excluding carboxylic acids is 4. The molecule has 0 spiro atoms. The number of hydrogen-bond acceptors (Lipinski definition) is 5. The monoisotopic (exact) mass is 566 g/mol. The Balaban J connectivity index is 2.22. The van der Waals surface area contributed by atoms with Gasteiger partial charge in [0.25, 0.3) is 0 Å². The second kappa shape index (κ2) is 15.8. The van der Waals surface area contributed by atoms with Crippen molar-refractivity contribution in [1.82, 2.24) is 21.3 Å². The normalized spacial score (nSPS) is 13.5. The number of nitrogens with one attached hydrogen (secondary N) is 4. The predicted octanol–water partition coefficient (Wildman–Crippen LogP) is 3.83. The molecule has 0 unspecified atom stereocenters. The minimum Gasteiger partial charge on any atom is -0.444 e. The summed E-state index contributed by atoms with van der Waals surface area (Å²) in [4.78, 5) is 52.1. The lowest BCUT2D eigenvalue weighted by Crippen LogP contribution is -2.57. The van der Waals surface area contributed by atoms with E-state index in [-0.39, 0.29) is 24.7 Å². The highest BCUT2D eigenvalue weighted by molar-refractivity contribution is 5.92. The van der Waals surface area contributed by atoms with E-state index in [1.54, 1.807) is 20.8 Å². The number of rotatable bonds is 13. The molecule has 4 N–H and O–H groups in total. The fourth-order valence-corrected chi connectivity index (χ4v) is 4.26. The van der Waals surface area contributed by atoms with E-state index in [0.29, 0.717) is 13.0 Å². The van der Waals surface area contributed by atoms with Gasteiger partial charge in [0.1, 0.15) is 17.7 Å². The Kier molecular flexibility index (Phi) is 12.8. The zero-order valence-corrected chi connectivity index (χ0v) is 25.4. The molecule has 0 aliphatic rings. The lowest BCUT2D eigenvalue weighted by molar-refractivity contribution is -0.131. The minimum absolute atomic E-state index is 0.100. The van der Waals surface area contributed by atoms with E-state index in [2.05, 4.69) is 21.3 Å². The summed E-state index contributed by atoms with van der Waals surface area (Å²) < 4.78 is 5.38. The molecule has 2 rings (SSSR count). The van der Waals surface area contributed by atoms with Crippen molar-refractivity contribution in [2.45, 2.75) is 91.5 Å². The van der Waals surface area contributed by atoms with Gasteiger partial charge in [-0.1, -0.05) is 74.0 Å². The summed E-state index contributed by atoms with van der Waals surface area (Å²) >= 11 is 0. The van der Waals surface area contributed by atoms with Crippen molar-refractivity contribution >= 4 is 23.8 Å². The van der Waals surface area contributed by atoms with E-state index in [9.17, 15) is 19.2 Å². The maximum atomic E-state index is 13.5. The number of hydrogen-bond donors (Lipinski definition) is 4. The Morgan fingerprint density at radius 1 is 0.805 bits per heavy atom. The average Bonchev–Trinajstić information content (AvgIpc) is 2.87. The smallest absolute Gasteiger partial charge is 0.408 e. The summed E-state index contributed by atoms with van der Waals surface area (Å²) in [5.74, 6) is -1.33. The second-order valence-electron chi connectivity index (χ2n) is 11.7. The first kappa shape index (κ1) is 33.3. The molecule has 2 aromatic carbocycles. The van der Waals surface area contributed by atoms with Crippen molar-refractivity contribution in [2.75, 3.05) is 6.54 Å². The van der Waals surface area contributed by atoms with Crippen molar-refractivity contribution in [1.29, 1.82) is 0 Å². The van der Waals surface area contributed by atoms with Crippen molar-refractivity contribution in [3.05, 3.63) is 71.3 Å². The predicted molar refractivity (Wildman–Crippen MR) is 160 cm³/mol. The highest BCUT2D eigenvalue weighted by Gasteiger charge is 2.31. The van der Waals surface area contributed by atoms with Crippen LogP contribution in [0.25, 0.3) is 0 Å². The number of benzene rings is 2. The fraction of sp³-hybridized carbons (Fsp3) is 0.500. The van der Waals surface area contributed by atoms with Crippen LogP contribution in [-0.4, -0.2) is 54.1 Å². The number of alkyl carbamates (subject to hydrolysis) is 1. The first-order chi connectivity index (χ1) is 19.3. The van der Waals surface area contributed by atoms with Crippen LogP contribution in [0.4, 0.5) is 4.79 Å². The van der Waals surface area contributed by atoms with E-state index >= 15 is 0 Å². The van der Waals surface area contributed by atoms with Crippen LogP contribution in [0.5, 0.6) is 0 Å². The quantitative estimate of drug-likeness (QED) is 0.293. The zero-order chi connectivity index (χ0) is 30.6.